The molecular weight excluding hydrogens is 144 g/mol. The normalized spacial score (nSPS) is 11.5. The monoisotopic (exact) mass is 152 g/mol. The van der Waals surface area contributed by atoms with Crippen LogP contribution in [-0.2, 0) is 4.79 Å². The number of ketones is 1. The molecule has 11 heavy (non-hydrogen) atoms. The zero-order valence-electron chi connectivity index (χ0n) is 6.07. The zero-order chi connectivity index (χ0) is 8.27. The average Bonchev–Trinajstić information content (AvgIpc) is 2.35. The fraction of sp³-hybridized carbons (Fsp3) is 0.125. The van der Waals surface area contributed by atoms with Crippen molar-refractivity contribution in [3.63, 3.8) is 0 Å². The lowest BCUT2D eigenvalue weighted by Crippen LogP contribution is -1.86. The summed E-state index contributed by atoms with van der Waals surface area (Å²) in [5.74, 6) is -0.0402. The maximum Gasteiger partial charge on any atom is 0.168 e. The molecule has 0 aliphatic carbocycles. The summed E-state index contributed by atoms with van der Waals surface area (Å²) >= 11 is 0. The third-order valence-corrected chi connectivity index (χ3v) is 1.11. The Morgan fingerprint density at radius 3 is 2.91 bits per heavy atom. The van der Waals surface area contributed by atoms with Crippen LogP contribution in [0.5, 0.6) is 0 Å². The van der Waals surface area contributed by atoms with Crippen molar-refractivity contribution in [3.05, 3.63) is 30.2 Å². The maximum absolute atomic E-state index is 10.5. The number of hydrogen-bond acceptors (Lipinski definition) is 3. The predicted octanol–water partition coefficient (Wildman–Crippen LogP) is 1.77. The molecule has 0 aliphatic rings. The standard InChI is InChI=1S/C8H8O3/c1-6(9)5-7(10)8-3-2-4-11-8/h2-5,10H,1H3/b7-5-. The third-order valence-electron chi connectivity index (χ3n) is 1.11. The van der Waals surface area contributed by atoms with E-state index in [9.17, 15) is 4.79 Å². The number of aliphatic hydroxyl groups excluding tert-OH is 1. The zero-order valence-corrected chi connectivity index (χ0v) is 6.07. The molecule has 1 heterocycles. The first-order chi connectivity index (χ1) is 5.20. The molecule has 0 spiro atoms. The fourth-order valence-electron chi connectivity index (χ4n) is 0.688. The number of hydrogen-bond donors (Lipinski definition) is 1. The van der Waals surface area contributed by atoms with Gasteiger partial charge in [-0.2, -0.15) is 0 Å². The van der Waals surface area contributed by atoms with E-state index in [-0.39, 0.29) is 11.5 Å². The van der Waals surface area contributed by atoms with Crippen molar-refractivity contribution in [2.45, 2.75) is 6.92 Å². The number of furan rings is 1. The number of allylic oxidation sites excluding steroid dienone is 1. The first-order valence-corrected chi connectivity index (χ1v) is 3.15. The summed E-state index contributed by atoms with van der Waals surface area (Å²) < 4.78 is 4.83. The molecule has 0 radical (unpaired) electrons. The highest BCUT2D eigenvalue weighted by Gasteiger charge is 2.01. The molecule has 1 N–H and O–H groups in total. The molecule has 0 atom stereocenters. The molecule has 1 rings (SSSR count). The van der Waals surface area contributed by atoms with Gasteiger partial charge in [0, 0.05) is 6.08 Å². The van der Waals surface area contributed by atoms with Gasteiger partial charge in [0.2, 0.25) is 0 Å². The summed E-state index contributed by atoms with van der Waals surface area (Å²) in [6, 6.07) is 3.22. The first kappa shape index (κ1) is 7.60. The highest BCUT2D eigenvalue weighted by Crippen LogP contribution is 2.10. The summed E-state index contributed by atoms with van der Waals surface area (Å²) in [4.78, 5) is 10.5. The van der Waals surface area contributed by atoms with Gasteiger partial charge in [-0.3, -0.25) is 4.79 Å². The summed E-state index contributed by atoms with van der Waals surface area (Å²) in [7, 11) is 0. The second-order valence-electron chi connectivity index (χ2n) is 2.12. The SMILES string of the molecule is CC(=O)/C=C(\O)c1ccco1. The summed E-state index contributed by atoms with van der Waals surface area (Å²) in [6.45, 7) is 1.36. The molecule has 0 unspecified atom stereocenters. The van der Waals surface area contributed by atoms with Gasteiger partial charge in [0.1, 0.15) is 0 Å². The average molecular weight is 152 g/mol. The van der Waals surface area contributed by atoms with Crippen LogP contribution < -0.4 is 0 Å². The van der Waals surface area contributed by atoms with Crippen LogP contribution in [0.15, 0.2) is 28.9 Å². The highest BCUT2D eigenvalue weighted by molar-refractivity contribution is 5.92. The van der Waals surface area contributed by atoms with Gasteiger partial charge in [0.25, 0.3) is 0 Å². The minimum absolute atomic E-state index is 0.137. The highest BCUT2D eigenvalue weighted by atomic mass is 16.4. The van der Waals surface area contributed by atoms with Crippen LogP contribution in [0.25, 0.3) is 5.76 Å². The van der Waals surface area contributed by atoms with Crippen molar-refractivity contribution in [2.75, 3.05) is 0 Å². The van der Waals surface area contributed by atoms with Crippen molar-refractivity contribution in [1.82, 2.24) is 0 Å². The molecule has 58 valence electrons. The van der Waals surface area contributed by atoms with Crippen LogP contribution in [0.2, 0.25) is 0 Å². The van der Waals surface area contributed by atoms with Crippen LogP contribution in [-0.4, -0.2) is 10.9 Å². The molecule has 0 fully saturated rings. The first-order valence-electron chi connectivity index (χ1n) is 3.15. The lowest BCUT2D eigenvalue weighted by Gasteiger charge is -1.90. The number of aliphatic hydroxyl groups is 1. The molecule has 1 aromatic rings. The van der Waals surface area contributed by atoms with Crippen LogP contribution in [0, 0.1) is 0 Å². The second kappa shape index (κ2) is 3.05. The molecular formula is C8H8O3. The van der Waals surface area contributed by atoms with Crippen molar-refractivity contribution >= 4 is 11.5 Å². The van der Waals surface area contributed by atoms with Gasteiger partial charge in [-0.25, -0.2) is 0 Å². The molecule has 0 bridgehead atoms. The molecule has 3 heteroatoms. The number of carbonyl (C=O) groups excluding carboxylic acids is 1. The van der Waals surface area contributed by atoms with Gasteiger partial charge in [0.05, 0.1) is 6.26 Å². The topological polar surface area (TPSA) is 50.4 Å². The molecule has 0 aromatic carbocycles. The van der Waals surface area contributed by atoms with E-state index < -0.39 is 0 Å². The Hall–Kier alpha value is -1.51. The Bertz CT molecular complexity index is 270. The van der Waals surface area contributed by atoms with Crippen molar-refractivity contribution in [1.29, 1.82) is 0 Å². The van der Waals surface area contributed by atoms with E-state index in [0.717, 1.165) is 6.08 Å². The Balaban J connectivity index is 2.86. The summed E-state index contributed by atoms with van der Waals surface area (Å²) in [5.41, 5.74) is 0. The molecule has 0 saturated heterocycles. The van der Waals surface area contributed by atoms with Crippen LogP contribution >= 0.6 is 0 Å². The van der Waals surface area contributed by atoms with Gasteiger partial charge in [-0.15, -0.1) is 0 Å². The Labute approximate surface area is 64.0 Å². The van der Waals surface area contributed by atoms with Crippen LogP contribution in [0.4, 0.5) is 0 Å². The van der Waals surface area contributed by atoms with Gasteiger partial charge in [-0.05, 0) is 19.1 Å². The van der Waals surface area contributed by atoms with Crippen molar-refractivity contribution in [2.24, 2.45) is 0 Å². The van der Waals surface area contributed by atoms with Gasteiger partial charge < -0.3 is 9.52 Å². The van der Waals surface area contributed by atoms with E-state index in [1.165, 1.54) is 13.2 Å². The van der Waals surface area contributed by atoms with E-state index in [0.29, 0.717) is 5.76 Å². The molecule has 0 amide bonds. The lowest BCUT2D eigenvalue weighted by atomic mass is 10.3. The predicted molar refractivity (Wildman–Crippen MR) is 40.0 cm³/mol. The largest absolute Gasteiger partial charge is 0.504 e. The van der Waals surface area contributed by atoms with Crippen molar-refractivity contribution in [3.8, 4) is 0 Å². The van der Waals surface area contributed by atoms with Gasteiger partial charge in [0.15, 0.2) is 17.3 Å². The minimum Gasteiger partial charge on any atom is -0.504 e. The van der Waals surface area contributed by atoms with E-state index >= 15 is 0 Å². The molecule has 3 nitrogen and oxygen atoms in total. The Morgan fingerprint density at radius 1 is 1.73 bits per heavy atom. The molecule has 0 aliphatic heterocycles. The number of rotatable bonds is 2. The quantitative estimate of drug-likeness (QED) is 0.519. The van der Waals surface area contributed by atoms with Crippen LogP contribution in [0.1, 0.15) is 12.7 Å². The van der Waals surface area contributed by atoms with E-state index in [1.54, 1.807) is 12.1 Å². The fourth-order valence-corrected chi connectivity index (χ4v) is 0.688. The Morgan fingerprint density at radius 2 is 2.45 bits per heavy atom. The van der Waals surface area contributed by atoms with Crippen molar-refractivity contribution < 1.29 is 14.3 Å². The Kier molecular flexibility index (Phi) is 2.11. The molecule has 0 saturated carbocycles. The van der Waals surface area contributed by atoms with E-state index in [4.69, 9.17) is 9.52 Å². The second-order valence-corrected chi connectivity index (χ2v) is 2.12. The molecule has 1 aromatic heterocycles. The number of carbonyl (C=O) groups is 1. The van der Waals surface area contributed by atoms with Gasteiger partial charge >= 0.3 is 0 Å². The maximum atomic E-state index is 10.5. The minimum atomic E-state index is -0.209. The third kappa shape index (κ3) is 1.97. The van der Waals surface area contributed by atoms with E-state index in [1.807, 2.05) is 0 Å². The lowest BCUT2D eigenvalue weighted by molar-refractivity contribution is -0.112. The summed E-state index contributed by atoms with van der Waals surface area (Å²) in [6.07, 6.45) is 2.54. The van der Waals surface area contributed by atoms with Gasteiger partial charge in [-0.1, -0.05) is 0 Å². The summed E-state index contributed by atoms with van der Waals surface area (Å²) in [5, 5.41) is 9.13. The smallest absolute Gasteiger partial charge is 0.168 e. The van der Waals surface area contributed by atoms with E-state index in [2.05, 4.69) is 0 Å². The van der Waals surface area contributed by atoms with Crippen LogP contribution in [0.3, 0.4) is 0 Å².